The molecule has 0 saturated carbocycles. The van der Waals surface area contributed by atoms with Crippen LogP contribution in [0.5, 0.6) is 0 Å². The number of piperazine rings is 1. The summed E-state index contributed by atoms with van der Waals surface area (Å²) in [4.78, 5) is 29.7. The van der Waals surface area contributed by atoms with Gasteiger partial charge in [-0.25, -0.2) is 0 Å². The number of rotatable bonds is 4. The molecule has 0 radical (unpaired) electrons. The van der Waals surface area contributed by atoms with Gasteiger partial charge in [0.2, 0.25) is 5.91 Å². The Kier molecular flexibility index (Phi) is 6.29. The van der Waals surface area contributed by atoms with Crippen LogP contribution in [0, 0.1) is 0 Å². The van der Waals surface area contributed by atoms with Crippen molar-refractivity contribution < 1.29 is 9.59 Å². The van der Waals surface area contributed by atoms with Crippen LogP contribution in [0.4, 0.5) is 0 Å². The van der Waals surface area contributed by atoms with Gasteiger partial charge in [-0.3, -0.25) is 9.59 Å². The number of hydrogen-bond acceptors (Lipinski definition) is 3. The maximum absolute atomic E-state index is 13.1. The topological polar surface area (TPSA) is 52.7 Å². The van der Waals surface area contributed by atoms with Gasteiger partial charge in [0.1, 0.15) is 6.04 Å². The lowest BCUT2D eigenvalue weighted by molar-refractivity contribution is -0.137. The number of benzene rings is 2. The molecule has 1 N–H and O–H groups in total. The highest BCUT2D eigenvalue weighted by atomic mass is 79.9. The molecule has 1 aliphatic heterocycles. The summed E-state index contributed by atoms with van der Waals surface area (Å²) in [6.45, 7) is 4.00. The summed E-state index contributed by atoms with van der Waals surface area (Å²) in [5.74, 6) is -0.295. The number of halogens is 1. The van der Waals surface area contributed by atoms with Crippen LogP contribution < -0.4 is 5.32 Å². The first-order valence-corrected chi connectivity index (χ1v) is 9.85. The molecule has 2 atom stereocenters. The fourth-order valence-electron chi connectivity index (χ4n) is 3.34. The lowest BCUT2D eigenvalue weighted by atomic mass is 10.0. The van der Waals surface area contributed by atoms with Gasteiger partial charge < -0.3 is 15.1 Å². The average molecular weight is 430 g/mol. The van der Waals surface area contributed by atoms with E-state index in [1.54, 1.807) is 19.1 Å². The van der Waals surface area contributed by atoms with Crippen LogP contribution in [0.15, 0.2) is 59.1 Å². The Hall–Kier alpha value is -2.18. The van der Waals surface area contributed by atoms with E-state index in [-0.39, 0.29) is 17.9 Å². The SMILES string of the molecule is C[C@@H](NC(=O)c1ccc(Br)cc1)C(=O)N1CCN(C)C[C@@H]1c1ccccc1. The summed E-state index contributed by atoms with van der Waals surface area (Å²) in [6, 6.07) is 16.6. The third kappa shape index (κ3) is 4.76. The van der Waals surface area contributed by atoms with Gasteiger partial charge in [-0.05, 0) is 43.8 Å². The first kappa shape index (κ1) is 19.6. The van der Waals surface area contributed by atoms with Gasteiger partial charge in [0.05, 0.1) is 6.04 Å². The standard InChI is InChI=1S/C21H24BrN3O2/c1-15(23-20(26)17-8-10-18(22)11-9-17)21(27)25-13-12-24(2)14-19(25)16-6-4-3-5-7-16/h3-11,15,19H,12-14H2,1-2H3,(H,23,26)/t15-,19-/m1/s1. The summed E-state index contributed by atoms with van der Waals surface area (Å²) in [5.41, 5.74) is 1.65. The predicted octanol–water partition coefficient (Wildman–Crippen LogP) is 3.08. The van der Waals surface area contributed by atoms with E-state index in [9.17, 15) is 9.59 Å². The summed E-state index contributed by atoms with van der Waals surface area (Å²) < 4.78 is 0.909. The van der Waals surface area contributed by atoms with Crippen molar-refractivity contribution in [3.05, 3.63) is 70.2 Å². The predicted molar refractivity (Wildman–Crippen MR) is 109 cm³/mol. The minimum atomic E-state index is -0.587. The molecule has 0 bridgehead atoms. The van der Waals surface area contributed by atoms with Crippen LogP contribution in [0.2, 0.25) is 0 Å². The van der Waals surface area contributed by atoms with Gasteiger partial charge in [-0.15, -0.1) is 0 Å². The Balaban J connectivity index is 1.72. The van der Waals surface area contributed by atoms with Crippen molar-refractivity contribution in [2.75, 3.05) is 26.7 Å². The number of likely N-dealkylation sites (N-methyl/N-ethyl adjacent to an activating group) is 1. The van der Waals surface area contributed by atoms with Crippen molar-refractivity contribution in [3.8, 4) is 0 Å². The molecule has 1 fully saturated rings. The highest BCUT2D eigenvalue weighted by Crippen LogP contribution is 2.25. The zero-order chi connectivity index (χ0) is 19.4. The molecule has 0 spiro atoms. The van der Waals surface area contributed by atoms with E-state index in [4.69, 9.17) is 0 Å². The molecule has 2 amide bonds. The van der Waals surface area contributed by atoms with Crippen LogP contribution in [0.25, 0.3) is 0 Å². The van der Waals surface area contributed by atoms with E-state index in [1.165, 1.54) is 0 Å². The van der Waals surface area contributed by atoms with Crippen molar-refractivity contribution >= 4 is 27.7 Å². The van der Waals surface area contributed by atoms with E-state index in [0.717, 1.165) is 23.1 Å². The zero-order valence-electron chi connectivity index (χ0n) is 15.6. The molecule has 2 aromatic rings. The van der Waals surface area contributed by atoms with Crippen LogP contribution in [0.3, 0.4) is 0 Å². The number of carbonyl (C=O) groups is 2. The summed E-state index contributed by atoms with van der Waals surface area (Å²) in [5, 5.41) is 2.84. The molecule has 0 aromatic heterocycles. The number of nitrogens with one attached hydrogen (secondary N) is 1. The van der Waals surface area contributed by atoms with Gasteiger partial charge in [-0.2, -0.15) is 0 Å². The second-order valence-corrected chi connectivity index (χ2v) is 7.84. The van der Waals surface area contributed by atoms with E-state index in [1.807, 2.05) is 35.2 Å². The fourth-order valence-corrected chi connectivity index (χ4v) is 3.60. The second-order valence-electron chi connectivity index (χ2n) is 6.92. The van der Waals surface area contributed by atoms with Gasteiger partial charge in [0.15, 0.2) is 0 Å². The third-order valence-corrected chi connectivity index (χ3v) is 5.40. The molecular formula is C21H24BrN3O2. The smallest absolute Gasteiger partial charge is 0.251 e. The third-order valence-electron chi connectivity index (χ3n) is 4.88. The maximum Gasteiger partial charge on any atom is 0.251 e. The normalized spacial score (nSPS) is 18.8. The molecule has 0 unspecified atom stereocenters. The monoisotopic (exact) mass is 429 g/mol. The van der Waals surface area contributed by atoms with Crippen LogP contribution in [0.1, 0.15) is 28.9 Å². The number of amides is 2. The quantitative estimate of drug-likeness (QED) is 0.812. The van der Waals surface area contributed by atoms with E-state index < -0.39 is 6.04 Å². The van der Waals surface area contributed by atoms with Crippen molar-refractivity contribution in [1.82, 2.24) is 15.1 Å². The minimum absolute atomic E-state index is 0.00974. The molecule has 1 aliphatic rings. The number of hydrogen-bond donors (Lipinski definition) is 1. The van der Waals surface area contributed by atoms with Gasteiger partial charge in [0.25, 0.3) is 5.91 Å². The molecule has 6 heteroatoms. The minimum Gasteiger partial charge on any atom is -0.341 e. The second kappa shape index (κ2) is 8.67. The van der Waals surface area contributed by atoms with Crippen LogP contribution in [-0.2, 0) is 4.79 Å². The molecule has 5 nitrogen and oxygen atoms in total. The number of carbonyl (C=O) groups excluding carboxylic acids is 2. The molecule has 1 saturated heterocycles. The Morgan fingerprint density at radius 1 is 1.07 bits per heavy atom. The first-order chi connectivity index (χ1) is 13.0. The zero-order valence-corrected chi connectivity index (χ0v) is 17.1. The Morgan fingerprint density at radius 3 is 2.41 bits per heavy atom. The maximum atomic E-state index is 13.1. The van der Waals surface area contributed by atoms with Gasteiger partial charge in [-0.1, -0.05) is 46.3 Å². The Bertz CT molecular complexity index is 795. The van der Waals surface area contributed by atoms with Crippen molar-refractivity contribution in [2.45, 2.75) is 19.0 Å². The highest BCUT2D eigenvalue weighted by molar-refractivity contribution is 9.10. The molecule has 3 rings (SSSR count). The molecule has 1 heterocycles. The molecular weight excluding hydrogens is 406 g/mol. The van der Waals surface area contributed by atoms with E-state index in [0.29, 0.717) is 12.1 Å². The first-order valence-electron chi connectivity index (χ1n) is 9.06. The van der Waals surface area contributed by atoms with E-state index in [2.05, 4.69) is 45.3 Å². The Morgan fingerprint density at radius 2 is 1.74 bits per heavy atom. The van der Waals surface area contributed by atoms with Gasteiger partial charge >= 0.3 is 0 Å². The summed E-state index contributed by atoms with van der Waals surface area (Å²) in [6.07, 6.45) is 0. The van der Waals surface area contributed by atoms with Crippen molar-refractivity contribution in [3.63, 3.8) is 0 Å². The Labute approximate surface area is 168 Å². The van der Waals surface area contributed by atoms with Crippen LogP contribution in [-0.4, -0.2) is 54.3 Å². The molecule has 27 heavy (non-hydrogen) atoms. The lowest BCUT2D eigenvalue weighted by Crippen LogP contribution is -2.54. The van der Waals surface area contributed by atoms with Crippen molar-refractivity contribution in [2.24, 2.45) is 0 Å². The average Bonchev–Trinajstić information content (AvgIpc) is 2.68. The van der Waals surface area contributed by atoms with Crippen LogP contribution >= 0.6 is 15.9 Å². The van der Waals surface area contributed by atoms with Crippen molar-refractivity contribution in [1.29, 1.82) is 0 Å². The molecule has 142 valence electrons. The highest BCUT2D eigenvalue weighted by Gasteiger charge is 2.33. The fraction of sp³-hybridized carbons (Fsp3) is 0.333. The molecule has 0 aliphatic carbocycles. The lowest BCUT2D eigenvalue weighted by Gasteiger charge is -2.41. The largest absolute Gasteiger partial charge is 0.341 e. The van der Waals surface area contributed by atoms with Gasteiger partial charge in [0, 0.05) is 29.7 Å². The number of nitrogens with zero attached hydrogens (tertiary/aromatic N) is 2. The molecule has 2 aromatic carbocycles. The summed E-state index contributed by atoms with van der Waals surface area (Å²) >= 11 is 3.36. The van der Waals surface area contributed by atoms with E-state index >= 15 is 0 Å². The summed E-state index contributed by atoms with van der Waals surface area (Å²) in [7, 11) is 2.07.